The highest BCUT2D eigenvalue weighted by Gasteiger charge is 2.28. The van der Waals surface area contributed by atoms with Crippen molar-refractivity contribution in [3.05, 3.63) is 34.8 Å². The Kier molecular flexibility index (Phi) is 5.27. The second kappa shape index (κ2) is 7.58. The fourth-order valence-electron chi connectivity index (χ4n) is 4.58. The smallest absolute Gasteiger partial charge is 0.0262 e. The Balaban J connectivity index is 1.37. The van der Waals surface area contributed by atoms with Crippen LogP contribution in [0, 0.1) is 5.92 Å². The number of hydrogen-bond donors (Lipinski definition) is 0. The van der Waals surface area contributed by atoms with Crippen molar-refractivity contribution in [1.29, 1.82) is 0 Å². The van der Waals surface area contributed by atoms with E-state index < -0.39 is 0 Å². The molecule has 0 amide bonds. The van der Waals surface area contributed by atoms with E-state index in [4.69, 9.17) is 0 Å². The molecule has 0 spiro atoms. The van der Waals surface area contributed by atoms with Crippen molar-refractivity contribution < 1.29 is 0 Å². The molecule has 0 bridgehead atoms. The van der Waals surface area contributed by atoms with E-state index in [1.165, 1.54) is 82.5 Å². The number of piperidine rings is 1. The van der Waals surface area contributed by atoms with Crippen LogP contribution < -0.4 is 0 Å². The van der Waals surface area contributed by atoms with Crippen LogP contribution in [0.5, 0.6) is 0 Å². The van der Waals surface area contributed by atoms with Crippen molar-refractivity contribution in [3.8, 4) is 0 Å². The molecule has 1 unspecified atom stereocenters. The lowest BCUT2D eigenvalue weighted by Gasteiger charge is -2.36. The molecule has 0 radical (unpaired) electrons. The normalized spacial score (nSPS) is 30.7. The summed E-state index contributed by atoms with van der Waals surface area (Å²) in [6, 6.07) is 0.861. The third-order valence-corrected chi connectivity index (χ3v) is 7.13. The molecule has 23 heavy (non-hydrogen) atoms. The minimum absolute atomic E-state index is 0.781. The summed E-state index contributed by atoms with van der Waals surface area (Å²) < 4.78 is 2.63. The maximum atomic E-state index is 2.74. The summed E-state index contributed by atoms with van der Waals surface area (Å²) in [6.07, 6.45) is 20.4. The Bertz CT molecular complexity index is 494. The molecule has 4 rings (SSSR count). The van der Waals surface area contributed by atoms with Crippen LogP contribution in [0.25, 0.3) is 0 Å². The standard InChI is InChI=1S/C20H30N2S/c1-2-7-17-8-6-10-20(19(17)9-3-1)23-22-15-11-18(12-16-22)21-13-4-5-14-21/h3,6,9-10,17-18H,1-2,4-5,7-8,11-16H2. The van der Waals surface area contributed by atoms with E-state index in [1.54, 1.807) is 5.57 Å². The van der Waals surface area contributed by atoms with Crippen molar-refractivity contribution in [3.63, 3.8) is 0 Å². The van der Waals surface area contributed by atoms with Crippen molar-refractivity contribution in [1.82, 2.24) is 9.21 Å². The monoisotopic (exact) mass is 330 g/mol. The molecule has 4 aliphatic rings. The van der Waals surface area contributed by atoms with Crippen LogP contribution in [-0.2, 0) is 0 Å². The van der Waals surface area contributed by atoms with Gasteiger partial charge in [-0.05, 0) is 87.9 Å². The first-order chi connectivity index (χ1) is 11.4. The molecule has 3 heteroatoms. The van der Waals surface area contributed by atoms with Gasteiger partial charge in [-0.25, -0.2) is 4.31 Å². The zero-order chi connectivity index (χ0) is 15.5. The van der Waals surface area contributed by atoms with Gasteiger partial charge in [0, 0.05) is 24.0 Å². The van der Waals surface area contributed by atoms with E-state index in [-0.39, 0.29) is 0 Å². The van der Waals surface area contributed by atoms with Crippen molar-refractivity contribution in [2.24, 2.45) is 5.92 Å². The van der Waals surface area contributed by atoms with Crippen LogP contribution in [-0.4, -0.2) is 41.4 Å². The fourth-order valence-corrected chi connectivity index (χ4v) is 5.74. The predicted octanol–water partition coefficient (Wildman–Crippen LogP) is 4.77. The molecule has 2 nitrogen and oxygen atoms in total. The molecule has 126 valence electrons. The largest absolute Gasteiger partial charge is 0.300 e. The van der Waals surface area contributed by atoms with Crippen molar-refractivity contribution >= 4 is 11.9 Å². The van der Waals surface area contributed by atoms with Gasteiger partial charge in [0.05, 0.1) is 0 Å². The molecule has 0 aromatic rings. The van der Waals surface area contributed by atoms with Gasteiger partial charge in [0.25, 0.3) is 0 Å². The SMILES string of the molecule is C1=CC2=C(SN3CCC(N4CCCC4)CC3)C=CCC2CCC1. The minimum Gasteiger partial charge on any atom is -0.300 e. The number of allylic oxidation sites excluding steroid dienone is 5. The van der Waals surface area contributed by atoms with Crippen LogP contribution in [0.3, 0.4) is 0 Å². The van der Waals surface area contributed by atoms with Gasteiger partial charge in [-0.3, -0.25) is 0 Å². The second-order valence-corrected chi connectivity index (χ2v) is 8.62. The Morgan fingerprint density at radius 3 is 2.52 bits per heavy atom. The van der Waals surface area contributed by atoms with Crippen LogP contribution in [0.1, 0.15) is 51.4 Å². The van der Waals surface area contributed by atoms with Crippen molar-refractivity contribution in [2.45, 2.75) is 57.4 Å². The lowest BCUT2D eigenvalue weighted by atomic mass is 9.89. The molecule has 2 heterocycles. The summed E-state index contributed by atoms with van der Waals surface area (Å²) in [4.78, 5) is 4.27. The lowest BCUT2D eigenvalue weighted by molar-refractivity contribution is 0.173. The first-order valence-corrected chi connectivity index (χ1v) is 10.4. The molecular weight excluding hydrogens is 300 g/mol. The first kappa shape index (κ1) is 16.0. The van der Waals surface area contributed by atoms with E-state index in [2.05, 4.69) is 33.5 Å². The van der Waals surface area contributed by atoms with E-state index in [0.29, 0.717) is 0 Å². The van der Waals surface area contributed by atoms with E-state index in [0.717, 1.165) is 12.0 Å². The van der Waals surface area contributed by atoms with Gasteiger partial charge >= 0.3 is 0 Å². The fraction of sp³-hybridized carbons (Fsp3) is 0.700. The topological polar surface area (TPSA) is 6.48 Å². The predicted molar refractivity (Wildman–Crippen MR) is 100 cm³/mol. The summed E-state index contributed by atoms with van der Waals surface area (Å²) in [6.45, 7) is 5.21. The Morgan fingerprint density at radius 1 is 0.870 bits per heavy atom. The molecule has 2 aliphatic heterocycles. The molecule has 1 atom stereocenters. The Labute approximate surface area is 145 Å². The Morgan fingerprint density at radius 2 is 1.70 bits per heavy atom. The average molecular weight is 331 g/mol. The number of hydrogen-bond acceptors (Lipinski definition) is 3. The van der Waals surface area contributed by atoms with Crippen LogP contribution in [0.15, 0.2) is 34.8 Å². The molecule has 0 saturated carbocycles. The summed E-state index contributed by atoms with van der Waals surface area (Å²) in [7, 11) is 0. The van der Waals surface area contributed by atoms with Crippen LogP contribution >= 0.6 is 11.9 Å². The summed E-state index contributed by atoms with van der Waals surface area (Å²) in [5.41, 5.74) is 1.62. The van der Waals surface area contributed by atoms with Crippen molar-refractivity contribution in [2.75, 3.05) is 26.2 Å². The maximum absolute atomic E-state index is 2.74. The zero-order valence-electron chi connectivity index (χ0n) is 14.3. The molecule has 2 fully saturated rings. The Hall–Kier alpha value is -0.510. The molecular formula is C20H30N2S. The number of likely N-dealkylation sites (tertiary alicyclic amines) is 1. The summed E-state index contributed by atoms with van der Waals surface area (Å²) >= 11 is 2.04. The second-order valence-electron chi connectivity index (χ2n) is 7.48. The van der Waals surface area contributed by atoms with Gasteiger partial charge in [-0.2, -0.15) is 0 Å². The van der Waals surface area contributed by atoms with E-state index in [1.807, 2.05) is 11.9 Å². The number of fused-ring (bicyclic) bond motifs is 1. The highest BCUT2D eigenvalue weighted by atomic mass is 32.2. The van der Waals surface area contributed by atoms with Gasteiger partial charge in [0.1, 0.15) is 0 Å². The van der Waals surface area contributed by atoms with Gasteiger partial charge in [-0.1, -0.05) is 24.3 Å². The third kappa shape index (κ3) is 3.78. The average Bonchev–Trinajstić information content (AvgIpc) is 3.01. The summed E-state index contributed by atoms with van der Waals surface area (Å²) in [5.74, 6) is 0.781. The van der Waals surface area contributed by atoms with Gasteiger partial charge in [0.2, 0.25) is 0 Å². The molecule has 0 N–H and O–H groups in total. The van der Waals surface area contributed by atoms with Crippen LogP contribution in [0.2, 0.25) is 0 Å². The minimum atomic E-state index is 0.781. The molecule has 0 aromatic carbocycles. The highest BCUT2D eigenvalue weighted by Crippen LogP contribution is 2.39. The molecule has 2 aliphatic carbocycles. The van der Waals surface area contributed by atoms with Gasteiger partial charge in [0.15, 0.2) is 0 Å². The number of rotatable bonds is 3. The zero-order valence-corrected chi connectivity index (χ0v) is 15.1. The number of nitrogens with zero attached hydrogens (tertiary/aromatic N) is 2. The van der Waals surface area contributed by atoms with Crippen LogP contribution in [0.4, 0.5) is 0 Å². The van der Waals surface area contributed by atoms with E-state index in [9.17, 15) is 0 Å². The molecule has 2 saturated heterocycles. The maximum Gasteiger partial charge on any atom is 0.0262 e. The van der Waals surface area contributed by atoms with E-state index >= 15 is 0 Å². The summed E-state index contributed by atoms with van der Waals surface area (Å²) in [5, 5.41) is 0. The first-order valence-electron chi connectivity index (χ1n) is 9.64. The van der Waals surface area contributed by atoms with Gasteiger partial charge < -0.3 is 4.90 Å². The highest BCUT2D eigenvalue weighted by molar-refractivity contribution is 8.01. The third-order valence-electron chi connectivity index (χ3n) is 5.94. The quantitative estimate of drug-likeness (QED) is 0.689. The lowest BCUT2D eigenvalue weighted by Crippen LogP contribution is -2.41. The molecule has 0 aromatic heterocycles. The van der Waals surface area contributed by atoms with Gasteiger partial charge in [-0.15, -0.1) is 0 Å².